The highest BCUT2D eigenvalue weighted by atomic mass is 32.2. The van der Waals surface area contributed by atoms with E-state index >= 15 is 0 Å². The summed E-state index contributed by atoms with van der Waals surface area (Å²) in [5.74, 6) is 0.530. The first kappa shape index (κ1) is 17.9. The van der Waals surface area contributed by atoms with Crippen LogP contribution in [0.15, 0.2) is 47.5 Å². The van der Waals surface area contributed by atoms with Gasteiger partial charge in [0.15, 0.2) is 0 Å². The van der Waals surface area contributed by atoms with Crippen LogP contribution in [-0.4, -0.2) is 39.9 Å². The van der Waals surface area contributed by atoms with Gasteiger partial charge in [0.2, 0.25) is 10.0 Å². The Morgan fingerprint density at radius 3 is 2.46 bits per heavy atom. The smallest absolute Gasteiger partial charge is 0.251 e. The topological polar surface area (TPSA) is 105 Å². The van der Waals surface area contributed by atoms with E-state index in [0.717, 1.165) is 5.56 Å². The molecule has 8 heteroatoms. The number of nitrogens with two attached hydrogens (primary N) is 1. The van der Waals surface area contributed by atoms with E-state index in [2.05, 4.69) is 10.3 Å². The van der Waals surface area contributed by atoms with Crippen molar-refractivity contribution < 1.29 is 13.2 Å². The Balaban J connectivity index is 1.92. The quantitative estimate of drug-likeness (QED) is 0.802. The molecule has 7 nitrogen and oxygen atoms in total. The van der Waals surface area contributed by atoms with Gasteiger partial charge in [0, 0.05) is 32.4 Å². The van der Waals surface area contributed by atoms with Gasteiger partial charge in [0.25, 0.3) is 5.91 Å². The predicted molar refractivity (Wildman–Crippen MR) is 92.4 cm³/mol. The van der Waals surface area contributed by atoms with Crippen LogP contribution in [0.5, 0.6) is 0 Å². The predicted octanol–water partition coefficient (Wildman–Crippen LogP) is 0.768. The number of nitrogens with zero attached hydrogens (tertiary/aromatic N) is 2. The van der Waals surface area contributed by atoms with Crippen molar-refractivity contribution in [2.45, 2.75) is 11.3 Å². The van der Waals surface area contributed by atoms with E-state index in [1.54, 1.807) is 30.5 Å². The number of nitrogens with one attached hydrogen (secondary N) is 1. The Morgan fingerprint density at radius 1 is 1.21 bits per heavy atom. The minimum absolute atomic E-state index is 0.0725. The average molecular weight is 348 g/mol. The van der Waals surface area contributed by atoms with Crippen molar-refractivity contribution in [2.75, 3.05) is 25.5 Å². The maximum atomic E-state index is 12.1. The molecule has 128 valence electrons. The second-order valence-electron chi connectivity index (χ2n) is 5.49. The van der Waals surface area contributed by atoms with Crippen LogP contribution in [0.1, 0.15) is 15.9 Å². The molecule has 0 radical (unpaired) electrons. The highest BCUT2D eigenvalue weighted by Gasteiger charge is 2.09. The van der Waals surface area contributed by atoms with Crippen LogP contribution in [0.25, 0.3) is 0 Å². The molecule has 0 aliphatic rings. The third kappa shape index (κ3) is 4.77. The third-order valence-electron chi connectivity index (χ3n) is 3.42. The molecular weight excluding hydrogens is 328 g/mol. The molecule has 1 aromatic heterocycles. The largest absolute Gasteiger partial charge is 0.363 e. The lowest BCUT2D eigenvalue weighted by Crippen LogP contribution is -2.26. The number of carbonyl (C=O) groups excluding carboxylic acids is 1. The fourth-order valence-electron chi connectivity index (χ4n) is 2.07. The molecule has 0 atom stereocenters. The molecule has 0 unspecified atom stereocenters. The Bertz CT molecular complexity index is 817. The number of hydrogen-bond donors (Lipinski definition) is 2. The van der Waals surface area contributed by atoms with E-state index in [1.165, 1.54) is 12.1 Å². The molecule has 2 rings (SSSR count). The second kappa shape index (κ2) is 7.41. The normalized spacial score (nSPS) is 11.1. The van der Waals surface area contributed by atoms with Crippen molar-refractivity contribution in [3.05, 3.63) is 53.7 Å². The number of benzene rings is 1. The van der Waals surface area contributed by atoms with Crippen molar-refractivity contribution in [3.8, 4) is 0 Å². The molecule has 2 aromatic rings. The first-order chi connectivity index (χ1) is 11.3. The molecule has 0 saturated heterocycles. The zero-order valence-corrected chi connectivity index (χ0v) is 14.4. The number of anilines is 1. The van der Waals surface area contributed by atoms with Gasteiger partial charge in [-0.15, -0.1) is 0 Å². The highest BCUT2D eigenvalue weighted by molar-refractivity contribution is 7.89. The SMILES string of the molecule is CN(C)c1cc(C(=O)NCCc2ccc(S(N)(=O)=O)cc2)ccn1. The number of hydrogen-bond acceptors (Lipinski definition) is 5. The number of aromatic nitrogens is 1. The Hall–Kier alpha value is -2.45. The van der Waals surface area contributed by atoms with Gasteiger partial charge in [0.1, 0.15) is 5.82 Å². The summed E-state index contributed by atoms with van der Waals surface area (Å²) in [6, 6.07) is 9.65. The van der Waals surface area contributed by atoms with Crippen molar-refractivity contribution in [2.24, 2.45) is 5.14 Å². The summed E-state index contributed by atoms with van der Waals surface area (Å²) in [5.41, 5.74) is 1.45. The Morgan fingerprint density at radius 2 is 1.88 bits per heavy atom. The lowest BCUT2D eigenvalue weighted by molar-refractivity contribution is 0.0954. The summed E-state index contributed by atoms with van der Waals surface area (Å²) in [5, 5.41) is 7.88. The Kier molecular flexibility index (Phi) is 5.53. The van der Waals surface area contributed by atoms with E-state index in [9.17, 15) is 13.2 Å². The van der Waals surface area contributed by atoms with Crippen molar-refractivity contribution in [1.29, 1.82) is 0 Å². The molecule has 0 fully saturated rings. The van der Waals surface area contributed by atoms with E-state index in [4.69, 9.17) is 5.14 Å². The first-order valence-electron chi connectivity index (χ1n) is 7.30. The summed E-state index contributed by atoms with van der Waals surface area (Å²) in [7, 11) is 0.0324. The van der Waals surface area contributed by atoms with E-state index in [1.807, 2.05) is 19.0 Å². The highest BCUT2D eigenvalue weighted by Crippen LogP contribution is 2.10. The number of primary sulfonamides is 1. The van der Waals surface area contributed by atoms with Gasteiger partial charge in [-0.3, -0.25) is 4.79 Å². The van der Waals surface area contributed by atoms with Gasteiger partial charge >= 0.3 is 0 Å². The van der Waals surface area contributed by atoms with Crippen LogP contribution in [0.4, 0.5) is 5.82 Å². The zero-order valence-electron chi connectivity index (χ0n) is 13.6. The van der Waals surface area contributed by atoms with Crippen molar-refractivity contribution in [3.63, 3.8) is 0 Å². The number of sulfonamides is 1. The molecular formula is C16H20N4O3S. The Labute approximate surface area is 141 Å². The van der Waals surface area contributed by atoms with Crippen LogP contribution < -0.4 is 15.4 Å². The molecule has 24 heavy (non-hydrogen) atoms. The van der Waals surface area contributed by atoms with Crippen molar-refractivity contribution in [1.82, 2.24) is 10.3 Å². The number of pyridine rings is 1. The van der Waals surface area contributed by atoms with Crippen LogP contribution in [0.3, 0.4) is 0 Å². The van der Waals surface area contributed by atoms with Gasteiger partial charge in [-0.05, 0) is 36.2 Å². The van der Waals surface area contributed by atoms with Gasteiger partial charge in [0.05, 0.1) is 4.90 Å². The van der Waals surface area contributed by atoms with Crippen LogP contribution in [0, 0.1) is 0 Å². The molecule has 0 saturated carbocycles. The minimum Gasteiger partial charge on any atom is -0.363 e. The summed E-state index contributed by atoms with van der Waals surface area (Å²) in [6.45, 7) is 0.438. The zero-order chi connectivity index (χ0) is 17.7. The van der Waals surface area contributed by atoms with Gasteiger partial charge in [-0.2, -0.15) is 0 Å². The summed E-state index contributed by atoms with van der Waals surface area (Å²) in [6.07, 6.45) is 2.18. The monoisotopic (exact) mass is 348 g/mol. The third-order valence-corrected chi connectivity index (χ3v) is 4.35. The second-order valence-corrected chi connectivity index (χ2v) is 7.05. The minimum atomic E-state index is -3.68. The van der Waals surface area contributed by atoms with Crippen LogP contribution >= 0.6 is 0 Å². The van der Waals surface area contributed by atoms with Crippen molar-refractivity contribution >= 4 is 21.7 Å². The van der Waals surface area contributed by atoms with Crippen LogP contribution in [-0.2, 0) is 16.4 Å². The van der Waals surface area contributed by atoms with Gasteiger partial charge < -0.3 is 10.2 Å². The molecule has 1 amide bonds. The van der Waals surface area contributed by atoms with E-state index < -0.39 is 10.0 Å². The summed E-state index contributed by atoms with van der Waals surface area (Å²) < 4.78 is 22.4. The van der Waals surface area contributed by atoms with Gasteiger partial charge in [-0.1, -0.05) is 12.1 Å². The number of rotatable bonds is 6. The fraction of sp³-hybridized carbons (Fsp3) is 0.250. The number of carbonyl (C=O) groups is 1. The molecule has 0 aliphatic carbocycles. The van der Waals surface area contributed by atoms with E-state index in [-0.39, 0.29) is 10.8 Å². The number of amides is 1. The molecule has 0 bridgehead atoms. The average Bonchev–Trinajstić information content (AvgIpc) is 2.54. The van der Waals surface area contributed by atoms with Gasteiger partial charge in [-0.25, -0.2) is 18.5 Å². The molecule has 3 N–H and O–H groups in total. The molecule has 0 aliphatic heterocycles. The molecule has 0 spiro atoms. The summed E-state index contributed by atoms with van der Waals surface area (Å²) >= 11 is 0. The first-order valence-corrected chi connectivity index (χ1v) is 8.85. The maximum absolute atomic E-state index is 12.1. The lowest BCUT2D eigenvalue weighted by Gasteiger charge is -2.12. The maximum Gasteiger partial charge on any atom is 0.251 e. The van der Waals surface area contributed by atoms with Crippen LogP contribution in [0.2, 0.25) is 0 Å². The fourth-order valence-corrected chi connectivity index (χ4v) is 2.59. The summed E-state index contributed by atoms with van der Waals surface area (Å²) in [4.78, 5) is 18.2. The molecule has 1 heterocycles. The standard InChI is InChI=1S/C16H20N4O3S/c1-20(2)15-11-13(8-10-18-15)16(21)19-9-7-12-3-5-14(6-4-12)24(17,22)23/h3-6,8,10-11H,7,9H2,1-2H3,(H,19,21)(H2,17,22,23). The van der Waals surface area contributed by atoms with E-state index in [0.29, 0.717) is 24.3 Å². The lowest BCUT2D eigenvalue weighted by atomic mass is 10.1. The molecule has 1 aromatic carbocycles.